The van der Waals surface area contributed by atoms with E-state index in [0.717, 1.165) is 23.8 Å². The number of alkyl halides is 3. The van der Waals surface area contributed by atoms with Gasteiger partial charge in [0.05, 0.1) is 19.1 Å². The Morgan fingerprint density at radius 1 is 1.05 bits per heavy atom. The molecule has 0 heterocycles. The largest absolute Gasteiger partial charge is 0.469 e. The van der Waals surface area contributed by atoms with Gasteiger partial charge in [-0.15, -0.1) is 0 Å². The van der Waals surface area contributed by atoms with Crippen LogP contribution in [-0.4, -0.2) is 43.3 Å². The molecule has 0 aliphatic rings. The van der Waals surface area contributed by atoms with Crippen LogP contribution in [0.5, 0.6) is 0 Å². The smallest absolute Gasteiger partial charge is 0.416 e. The van der Waals surface area contributed by atoms with Crippen molar-refractivity contribution >= 4 is 18.1 Å². The molecule has 0 aromatic heterocycles. The average Bonchev–Trinajstić information content (AvgIpc) is 2.92. The Labute approximate surface area is 227 Å². The number of rotatable bonds is 10. The summed E-state index contributed by atoms with van der Waals surface area (Å²) in [4.78, 5) is 25.1. The van der Waals surface area contributed by atoms with Crippen molar-refractivity contribution < 1.29 is 36.6 Å². The number of hydrogen-bond acceptors (Lipinski definition) is 4. The molecule has 2 rings (SSSR count). The van der Waals surface area contributed by atoms with Crippen LogP contribution in [0.15, 0.2) is 77.9 Å². The molecular weight excluding hydrogens is 514 g/mol. The summed E-state index contributed by atoms with van der Waals surface area (Å²) in [5, 5.41) is 0. The summed E-state index contributed by atoms with van der Waals surface area (Å²) in [5.41, 5.74) is 0.664. The van der Waals surface area contributed by atoms with Crippen molar-refractivity contribution in [3.8, 4) is 0 Å². The normalized spacial score (nSPS) is 12.0. The fourth-order valence-corrected chi connectivity index (χ4v) is 3.28. The maximum Gasteiger partial charge on any atom is 0.416 e. The number of benzene rings is 2. The molecule has 0 saturated heterocycles. The van der Waals surface area contributed by atoms with E-state index >= 15 is 0 Å². The minimum absolute atomic E-state index is 0.0455. The number of likely N-dealkylation sites (N-methyl/N-ethyl adjacent to an activating group) is 1. The van der Waals surface area contributed by atoms with Crippen molar-refractivity contribution in [3.63, 3.8) is 0 Å². The summed E-state index contributed by atoms with van der Waals surface area (Å²) in [6.45, 7) is 7.47. The Bertz CT molecular complexity index is 1160. The zero-order valence-electron chi connectivity index (χ0n) is 22.8. The third-order valence-electron chi connectivity index (χ3n) is 5.21. The first-order valence-electron chi connectivity index (χ1n) is 12.5. The maximum atomic E-state index is 13.9. The van der Waals surface area contributed by atoms with Crippen molar-refractivity contribution in [1.82, 2.24) is 4.90 Å². The van der Waals surface area contributed by atoms with Gasteiger partial charge in [-0.05, 0) is 48.7 Å². The first kappa shape index (κ1) is 33.1. The Kier molecular flexibility index (Phi) is 14.3. The van der Waals surface area contributed by atoms with Gasteiger partial charge in [0.2, 0.25) is 0 Å². The van der Waals surface area contributed by atoms with Gasteiger partial charge in [0.15, 0.2) is 0 Å². The molecule has 0 spiro atoms. The SMILES string of the molecule is CC.CCN(C/C(C)=C/C(=C\C=C\c1ccc(F)c(CC(=O)OC)c1)C(F)(F)F)C(=O)OCc1ccccc1. The number of halogens is 4. The van der Waals surface area contributed by atoms with Crippen molar-refractivity contribution in [2.45, 2.75) is 46.9 Å². The van der Waals surface area contributed by atoms with Crippen LogP contribution in [0.2, 0.25) is 0 Å². The summed E-state index contributed by atoms with van der Waals surface area (Å²) in [5.74, 6) is -1.25. The molecule has 9 heteroatoms. The fourth-order valence-electron chi connectivity index (χ4n) is 3.28. The Hall–Kier alpha value is -3.88. The van der Waals surface area contributed by atoms with Gasteiger partial charge in [0.25, 0.3) is 0 Å². The van der Waals surface area contributed by atoms with Gasteiger partial charge in [-0.25, -0.2) is 9.18 Å². The van der Waals surface area contributed by atoms with Crippen LogP contribution in [0.3, 0.4) is 0 Å². The number of nitrogens with zero attached hydrogens (tertiary/aromatic N) is 1. The number of carbonyl (C=O) groups excluding carboxylic acids is 2. The molecule has 0 aliphatic carbocycles. The van der Waals surface area contributed by atoms with Crippen LogP contribution in [0, 0.1) is 5.82 Å². The quantitative estimate of drug-likeness (QED) is 0.173. The van der Waals surface area contributed by atoms with E-state index in [9.17, 15) is 27.2 Å². The van der Waals surface area contributed by atoms with Crippen LogP contribution in [0.1, 0.15) is 44.4 Å². The highest BCUT2D eigenvalue weighted by Gasteiger charge is 2.31. The van der Waals surface area contributed by atoms with Crippen molar-refractivity contribution in [2.24, 2.45) is 0 Å². The summed E-state index contributed by atoms with van der Waals surface area (Å²) in [6.07, 6.45) is -1.16. The molecule has 0 unspecified atom stereocenters. The van der Waals surface area contributed by atoms with Crippen LogP contribution in [-0.2, 0) is 27.3 Å². The van der Waals surface area contributed by atoms with Crippen LogP contribution >= 0.6 is 0 Å². The highest BCUT2D eigenvalue weighted by atomic mass is 19.4. The first-order valence-corrected chi connectivity index (χ1v) is 12.5. The zero-order valence-corrected chi connectivity index (χ0v) is 22.8. The molecule has 0 atom stereocenters. The lowest BCUT2D eigenvalue weighted by Crippen LogP contribution is -2.32. The van der Waals surface area contributed by atoms with Gasteiger partial charge < -0.3 is 14.4 Å². The monoisotopic (exact) mass is 549 g/mol. The van der Waals surface area contributed by atoms with E-state index in [0.29, 0.717) is 11.1 Å². The number of hydrogen-bond donors (Lipinski definition) is 0. The third kappa shape index (κ3) is 12.0. The summed E-state index contributed by atoms with van der Waals surface area (Å²) >= 11 is 0. The third-order valence-corrected chi connectivity index (χ3v) is 5.21. The Balaban J connectivity index is 0.00000371. The van der Waals surface area contributed by atoms with Crippen LogP contribution in [0.25, 0.3) is 6.08 Å². The van der Waals surface area contributed by atoms with Crippen molar-refractivity contribution in [1.29, 1.82) is 0 Å². The maximum absolute atomic E-state index is 13.9. The number of allylic oxidation sites excluding steroid dienone is 4. The van der Waals surface area contributed by atoms with Gasteiger partial charge in [0, 0.05) is 13.1 Å². The van der Waals surface area contributed by atoms with E-state index in [2.05, 4.69) is 4.74 Å². The molecular formula is C30H35F4NO4. The second-order valence-corrected chi connectivity index (χ2v) is 8.13. The lowest BCUT2D eigenvalue weighted by atomic mass is 10.1. The van der Waals surface area contributed by atoms with E-state index < -0.39 is 29.6 Å². The molecule has 0 aliphatic heterocycles. The number of methoxy groups -OCH3 is 1. The lowest BCUT2D eigenvalue weighted by molar-refractivity contribution is -0.139. The van der Waals surface area contributed by atoms with Gasteiger partial charge in [-0.3, -0.25) is 4.79 Å². The summed E-state index contributed by atoms with van der Waals surface area (Å²) in [7, 11) is 1.18. The van der Waals surface area contributed by atoms with Crippen LogP contribution < -0.4 is 0 Å². The fraction of sp³-hybridized carbons (Fsp3) is 0.333. The van der Waals surface area contributed by atoms with Gasteiger partial charge in [-0.1, -0.05) is 74.0 Å². The minimum atomic E-state index is -4.64. The highest BCUT2D eigenvalue weighted by molar-refractivity contribution is 5.73. The molecule has 1 amide bonds. The van der Waals surface area contributed by atoms with E-state index in [-0.39, 0.29) is 31.7 Å². The van der Waals surface area contributed by atoms with Crippen molar-refractivity contribution in [2.75, 3.05) is 20.2 Å². The van der Waals surface area contributed by atoms with E-state index in [1.807, 2.05) is 32.0 Å². The first-order chi connectivity index (χ1) is 18.5. The molecule has 212 valence electrons. The minimum Gasteiger partial charge on any atom is -0.469 e. The predicted octanol–water partition coefficient (Wildman–Crippen LogP) is 7.67. The average molecular weight is 550 g/mol. The lowest BCUT2D eigenvalue weighted by Gasteiger charge is -2.21. The highest BCUT2D eigenvalue weighted by Crippen LogP contribution is 2.28. The van der Waals surface area contributed by atoms with Crippen molar-refractivity contribution in [3.05, 3.63) is 100 Å². The van der Waals surface area contributed by atoms with Gasteiger partial charge >= 0.3 is 18.2 Å². The van der Waals surface area contributed by atoms with Gasteiger partial charge in [0.1, 0.15) is 12.4 Å². The molecule has 2 aromatic rings. The number of ether oxygens (including phenoxy) is 2. The molecule has 0 N–H and O–H groups in total. The van der Waals surface area contributed by atoms with E-state index in [4.69, 9.17) is 4.74 Å². The molecule has 5 nitrogen and oxygen atoms in total. The summed E-state index contributed by atoms with van der Waals surface area (Å²) in [6, 6.07) is 12.9. The second kappa shape index (κ2) is 16.9. The molecule has 0 fully saturated rings. The summed E-state index contributed by atoms with van der Waals surface area (Å²) < 4.78 is 64.6. The number of carbonyl (C=O) groups is 2. The Morgan fingerprint density at radius 2 is 1.72 bits per heavy atom. The standard InChI is InChI=1S/C28H29F4NO4.C2H6/c1-4-33(27(35)37-19-22-9-6-5-7-10-22)18-20(2)15-24(28(30,31)32)12-8-11-21-13-14-25(29)23(16-21)17-26(34)36-3;1-2/h5-16H,4,17-19H2,1-3H3;1-2H3/b11-8+,20-15+,24-12+;. The second-order valence-electron chi connectivity index (χ2n) is 8.13. The molecule has 2 aromatic carbocycles. The molecule has 0 bridgehead atoms. The number of esters is 1. The topological polar surface area (TPSA) is 55.8 Å². The van der Waals surface area contributed by atoms with E-state index in [1.54, 1.807) is 19.1 Å². The predicted molar refractivity (Wildman–Crippen MR) is 144 cm³/mol. The van der Waals surface area contributed by atoms with Gasteiger partial charge in [-0.2, -0.15) is 13.2 Å². The molecule has 0 saturated carbocycles. The Morgan fingerprint density at radius 3 is 2.31 bits per heavy atom. The van der Waals surface area contributed by atoms with E-state index in [1.165, 1.54) is 43.2 Å². The number of amides is 1. The molecule has 0 radical (unpaired) electrons. The van der Waals surface area contributed by atoms with Crippen LogP contribution in [0.4, 0.5) is 22.4 Å². The zero-order chi connectivity index (χ0) is 29.4. The molecule has 39 heavy (non-hydrogen) atoms.